The van der Waals surface area contributed by atoms with Gasteiger partial charge in [-0.05, 0) is 50.6 Å². The number of Topliss-reactive ketones (excluding diaryl/α,β-unsaturated/α-hetero) is 1. The molecule has 1 aliphatic heterocycles. The van der Waals surface area contributed by atoms with E-state index in [0.29, 0.717) is 22.8 Å². The summed E-state index contributed by atoms with van der Waals surface area (Å²) in [5.74, 6) is -1.61. The van der Waals surface area contributed by atoms with Crippen molar-refractivity contribution in [2.24, 2.45) is 0 Å². The Morgan fingerprint density at radius 1 is 1.18 bits per heavy atom. The number of furan rings is 1. The second-order valence-electron chi connectivity index (χ2n) is 7.48. The number of aromatic nitrogens is 1. The molecule has 0 radical (unpaired) electrons. The number of anilines is 1. The van der Waals surface area contributed by atoms with Gasteiger partial charge < -0.3 is 19.0 Å². The predicted octanol–water partition coefficient (Wildman–Crippen LogP) is 4.32. The molecule has 0 bridgehead atoms. The van der Waals surface area contributed by atoms with E-state index in [-0.39, 0.29) is 27.9 Å². The van der Waals surface area contributed by atoms with E-state index >= 15 is 0 Å². The molecule has 1 aromatic carbocycles. The van der Waals surface area contributed by atoms with Gasteiger partial charge >= 0.3 is 5.97 Å². The lowest BCUT2D eigenvalue weighted by Crippen LogP contribution is -2.31. The number of aliphatic hydroxyl groups excluding tert-OH is 1. The molecule has 4 rings (SSSR count). The fraction of sp³-hybridized carbons (Fsp3) is 0.250. The van der Waals surface area contributed by atoms with Crippen molar-refractivity contribution >= 4 is 34.1 Å². The van der Waals surface area contributed by atoms with Gasteiger partial charge in [0, 0.05) is 0 Å². The lowest BCUT2D eigenvalue weighted by atomic mass is 9.95. The average Bonchev–Trinajstić information content (AvgIpc) is 3.50. The second kappa shape index (κ2) is 9.14. The van der Waals surface area contributed by atoms with E-state index in [1.807, 2.05) is 0 Å². The fourth-order valence-electron chi connectivity index (χ4n) is 3.70. The standard InChI is InChI=1S/C24H22N2O7S/c1-5-32-23(30)21-13(3)25-24(34-21)26-18(14-7-9-15(31-4)10-8-14)17(20(28)22(26)29)19(27)16-11-6-12(2)33-16/h6-11,18,28H,5H2,1-4H3/t18-/m0/s1. The Hall–Kier alpha value is -3.92. The number of aliphatic hydroxyl groups is 1. The minimum atomic E-state index is -1.00. The van der Waals surface area contributed by atoms with Crippen LogP contribution in [0.25, 0.3) is 0 Å². The molecule has 1 aliphatic rings. The van der Waals surface area contributed by atoms with Crippen LogP contribution in [0.4, 0.5) is 5.13 Å². The van der Waals surface area contributed by atoms with E-state index in [1.165, 1.54) is 18.1 Å². The highest BCUT2D eigenvalue weighted by Gasteiger charge is 2.46. The number of amides is 1. The molecule has 10 heteroatoms. The first-order valence-electron chi connectivity index (χ1n) is 10.4. The fourth-order valence-corrected chi connectivity index (χ4v) is 4.68. The Kier molecular flexibility index (Phi) is 6.25. The number of carbonyl (C=O) groups excluding carboxylic acids is 3. The van der Waals surface area contributed by atoms with Crippen LogP contribution >= 0.6 is 11.3 Å². The quantitative estimate of drug-likeness (QED) is 0.391. The maximum Gasteiger partial charge on any atom is 0.350 e. The molecule has 34 heavy (non-hydrogen) atoms. The Bertz CT molecular complexity index is 1300. The summed E-state index contributed by atoms with van der Waals surface area (Å²) >= 11 is 0.953. The van der Waals surface area contributed by atoms with Crippen LogP contribution in [0.1, 0.15) is 50.2 Å². The summed E-state index contributed by atoms with van der Waals surface area (Å²) in [4.78, 5) is 44.8. The number of benzene rings is 1. The third kappa shape index (κ3) is 3.96. The zero-order valence-corrected chi connectivity index (χ0v) is 19.8. The highest BCUT2D eigenvalue weighted by atomic mass is 32.1. The normalized spacial score (nSPS) is 15.7. The van der Waals surface area contributed by atoms with Gasteiger partial charge in [-0.2, -0.15) is 0 Å². The predicted molar refractivity (Wildman–Crippen MR) is 123 cm³/mol. The van der Waals surface area contributed by atoms with Crippen LogP contribution in [0.5, 0.6) is 5.75 Å². The van der Waals surface area contributed by atoms with Gasteiger partial charge in [0.05, 0.1) is 31.0 Å². The zero-order chi connectivity index (χ0) is 24.6. The Balaban J connectivity index is 1.84. The molecule has 9 nitrogen and oxygen atoms in total. The molecule has 0 fully saturated rings. The maximum absolute atomic E-state index is 13.4. The number of aryl methyl sites for hydroxylation is 2. The Morgan fingerprint density at radius 3 is 2.47 bits per heavy atom. The molecule has 0 saturated heterocycles. The third-order valence-electron chi connectivity index (χ3n) is 5.30. The van der Waals surface area contributed by atoms with Crippen LogP contribution < -0.4 is 9.64 Å². The minimum absolute atomic E-state index is 0.00487. The first-order valence-corrected chi connectivity index (χ1v) is 11.2. The van der Waals surface area contributed by atoms with Crippen molar-refractivity contribution in [1.29, 1.82) is 0 Å². The van der Waals surface area contributed by atoms with Crippen LogP contribution in [-0.4, -0.2) is 41.5 Å². The van der Waals surface area contributed by atoms with E-state index in [9.17, 15) is 19.5 Å². The van der Waals surface area contributed by atoms with Crippen LogP contribution in [0.2, 0.25) is 0 Å². The van der Waals surface area contributed by atoms with Gasteiger partial charge in [-0.3, -0.25) is 14.5 Å². The summed E-state index contributed by atoms with van der Waals surface area (Å²) in [6.45, 7) is 5.19. The van der Waals surface area contributed by atoms with Gasteiger partial charge in [-0.15, -0.1) is 0 Å². The molecule has 1 atom stereocenters. The van der Waals surface area contributed by atoms with Crippen molar-refractivity contribution in [3.63, 3.8) is 0 Å². The SMILES string of the molecule is CCOC(=O)c1sc(N2C(=O)C(O)=C(C(=O)c3ccc(C)o3)[C@@H]2c2ccc(OC)cc2)nc1C. The van der Waals surface area contributed by atoms with E-state index in [1.54, 1.807) is 51.1 Å². The molecule has 0 saturated carbocycles. The number of nitrogens with zero attached hydrogens (tertiary/aromatic N) is 2. The van der Waals surface area contributed by atoms with Gasteiger partial charge in [0.2, 0.25) is 5.78 Å². The van der Waals surface area contributed by atoms with E-state index < -0.39 is 29.5 Å². The summed E-state index contributed by atoms with van der Waals surface area (Å²) in [5.41, 5.74) is 0.770. The molecule has 1 N–H and O–H groups in total. The van der Waals surface area contributed by atoms with Crippen molar-refractivity contribution in [2.75, 3.05) is 18.6 Å². The number of rotatable bonds is 7. The zero-order valence-electron chi connectivity index (χ0n) is 18.9. The monoisotopic (exact) mass is 482 g/mol. The number of esters is 1. The summed E-state index contributed by atoms with van der Waals surface area (Å²) in [7, 11) is 1.52. The number of ether oxygens (including phenoxy) is 2. The molecule has 0 unspecified atom stereocenters. The first kappa shape index (κ1) is 23.2. The molecule has 0 spiro atoms. The molecular formula is C24H22N2O7S. The molecule has 176 valence electrons. The summed E-state index contributed by atoms with van der Waals surface area (Å²) in [6, 6.07) is 8.86. The molecular weight excluding hydrogens is 460 g/mol. The maximum atomic E-state index is 13.4. The lowest BCUT2D eigenvalue weighted by molar-refractivity contribution is -0.117. The summed E-state index contributed by atoms with van der Waals surface area (Å²) < 4.78 is 15.8. The largest absolute Gasteiger partial charge is 0.503 e. The van der Waals surface area contributed by atoms with Crippen LogP contribution in [0, 0.1) is 13.8 Å². The van der Waals surface area contributed by atoms with Gasteiger partial charge in [-0.25, -0.2) is 9.78 Å². The van der Waals surface area contributed by atoms with Crippen LogP contribution in [-0.2, 0) is 9.53 Å². The lowest BCUT2D eigenvalue weighted by Gasteiger charge is -2.24. The number of ketones is 1. The first-order chi connectivity index (χ1) is 16.3. The summed E-state index contributed by atoms with van der Waals surface area (Å²) in [5, 5.41) is 11.0. The highest BCUT2D eigenvalue weighted by molar-refractivity contribution is 7.17. The molecule has 3 aromatic rings. The molecule has 3 heterocycles. The minimum Gasteiger partial charge on any atom is -0.503 e. The van der Waals surface area contributed by atoms with E-state index in [2.05, 4.69) is 4.98 Å². The van der Waals surface area contributed by atoms with E-state index in [4.69, 9.17) is 13.9 Å². The topological polar surface area (TPSA) is 119 Å². The Labute approximate surface area is 199 Å². The third-order valence-corrected chi connectivity index (χ3v) is 6.44. The van der Waals surface area contributed by atoms with E-state index in [0.717, 1.165) is 11.3 Å². The second-order valence-corrected chi connectivity index (χ2v) is 8.46. The Morgan fingerprint density at radius 2 is 1.88 bits per heavy atom. The average molecular weight is 483 g/mol. The van der Waals surface area contributed by atoms with Gasteiger partial charge in [-0.1, -0.05) is 23.5 Å². The smallest absolute Gasteiger partial charge is 0.350 e. The number of carbonyl (C=O) groups is 3. The van der Waals surface area contributed by atoms with Gasteiger partial charge in [0.1, 0.15) is 16.4 Å². The summed E-state index contributed by atoms with van der Waals surface area (Å²) in [6.07, 6.45) is 0. The number of methoxy groups -OCH3 is 1. The van der Waals surface area contributed by atoms with Crippen molar-refractivity contribution in [2.45, 2.75) is 26.8 Å². The van der Waals surface area contributed by atoms with Crippen molar-refractivity contribution in [3.8, 4) is 5.75 Å². The molecule has 1 amide bonds. The molecule has 2 aromatic heterocycles. The number of hydrogen-bond acceptors (Lipinski definition) is 9. The van der Waals surface area contributed by atoms with Crippen molar-refractivity contribution in [3.05, 3.63) is 75.4 Å². The van der Waals surface area contributed by atoms with Gasteiger partial charge in [0.25, 0.3) is 5.91 Å². The number of thiazole rings is 1. The van der Waals surface area contributed by atoms with Crippen LogP contribution in [0.15, 0.2) is 52.1 Å². The van der Waals surface area contributed by atoms with Crippen LogP contribution in [0.3, 0.4) is 0 Å². The molecule has 0 aliphatic carbocycles. The van der Waals surface area contributed by atoms with Crippen molar-refractivity contribution in [1.82, 2.24) is 4.98 Å². The van der Waals surface area contributed by atoms with Gasteiger partial charge in [0.15, 0.2) is 16.7 Å². The number of hydrogen-bond donors (Lipinski definition) is 1. The highest BCUT2D eigenvalue weighted by Crippen LogP contribution is 2.44. The van der Waals surface area contributed by atoms with Crippen molar-refractivity contribution < 1.29 is 33.4 Å².